The number of hydrogen-bond acceptors (Lipinski definition) is 4. The van der Waals surface area contributed by atoms with Crippen molar-refractivity contribution in [1.82, 2.24) is 14.7 Å². The average molecular weight is 353 g/mol. The van der Waals surface area contributed by atoms with Crippen molar-refractivity contribution >= 4 is 27.8 Å². The summed E-state index contributed by atoms with van der Waals surface area (Å²) in [7, 11) is 0. The molecule has 6 nitrogen and oxygen atoms in total. The van der Waals surface area contributed by atoms with E-state index in [9.17, 15) is 9.59 Å². The van der Waals surface area contributed by atoms with Gasteiger partial charge in [0.05, 0.1) is 11.7 Å². The van der Waals surface area contributed by atoms with E-state index in [2.05, 4.69) is 18.9 Å². The van der Waals surface area contributed by atoms with Crippen LogP contribution in [0.15, 0.2) is 33.6 Å². The van der Waals surface area contributed by atoms with E-state index in [0.717, 1.165) is 30.2 Å². The molecule has 0 bridgehead atoms. The van der Waals surface area contributed by atoms with Crippen LogP contribution in [0.25, 0.3) is 21.9 Å². The lowest BCUT2D eigenvalue weighted by Crippen LogP contribution is -2.48. The molecule has 2 atom stereocenters. The van der Waals surface area contributed by atoms with Crippen LogP contribution in [0.3, 0.4) is 0 Å². The van der Waals surface area contributed by atoms with E-state index in [-0.39, 0.29) is 24.5 Å². The van der Waals surface area contributed by atoms with Gasteiger partial charge in [0, 0.05) is 17.5 Å². The maximum Gasteiger partial charge on any atom is 0.347 e. The summed E-state index contributed by atoms with van der Waals surface area (Å²) < 4.78 is 7.04. The first-order valence-electron chi connectivity index (χ1n) is 9.16. The summed E-state index contributed by atoms with van der Waals surface area (Å²) in [4.78, 5) is 27.2. The van der Waals surface area contributed by atoms with Gasteiger partial charge in [-0.1, -0.05) is 11.6 Å². The Balaban J connectivity index is 1.80. The summed E-state index contributed by atoms with van der Waals surface area (Å²) in [6.07, 6.45) is 4.71. The van der Waals surface area contributed by atoms with Crippen LogP contribution in [-0.4, -0.2) is 32.7 Å². The molecule has 4 rings (SSSR count). The van der Waals surface area contributed by atoms with Crippen molar-refractivity contribution in [3.8, 4) is 0 Å². The number of benzene rings is 1. The van der Waals surface area contributed by atoms with Crippen molar-refractivity contribution in [2.45, 2.75) is 58.7 Å². The normalized spacial score (nSPS) is 20.8. The number of nitrogens with zero attached hydrogens (tertiary/aromatic N) is 3. The minimum atomic E-state index is -0.422. The molecule has 3 aromatic rings. The largest absolute Gasteiger partial charge is 0.422 e. The van der Waals surface area contributed by atoms with Crippen LogP contribution in [0, 0.1) is 6.92 Å². The van der Waals surface area contributed by atoms with Crippen molar-refractivity contribution < 1.29 is 9.21 Å². The van der Waals surface area contributed by atoms with Gasteiger partial charge in [-0.05, 0) is 52.2 Å². The number of carbonyl (C=O) groups is 1. The number of amides is 1. The molecule has 0 aliphatic carbocycles. The predicted octanol–water partition coefficient (Wildman–Crippen LogP) is 3.24. The third-order valence-corrected chi connectivity index (χ3v) is 5.42. The SMILES string of the molecule is Cc1ccc2oc(=O)c3cnn(CC(=O)N4C(C)CCCC4C)c3c2c1. The Bertz CT molecular complexity index is 1040. The first-order valence-corrected chi connectivity index (χ1v) is 9.16. The molecule has 136 valence electrons. The summed E-state index contributed by atoms with van der Waals surface area (Å²) in [5.41, 5.74) is 1.83. The lowest BCUT2D eigenvalue weighted by Gasteiger charge is -2.39. The summed E-state index contributed by atoms with van der Waals surface area (Å²) >= 11 is 0. The first kappa shape index (κ1) is 16.8. The predicted molar refractivity (Wildman–Crippen MR) is 100 cm³/mol. The molecule has 3 heterocycles. The zero-order chi connectivity index (χ0) is 18.4. The molecule has 1 aliphatic heterocycles. The van der Waals surface area contributed by atoms with Crippen LogP contribution in [-0.2, 0) is 11.3 Å². The molecule has 0 radical (unpaired) electrons. The molecule has 26 heavy (non-hydrogen) atoms. The summed E-state index contributed by atoms with van der Waals surface area (Å²) in [6.45, 7) is 6.31. The molecule has 0 N–H and O–H groups in total. The Morgan fingerprint density at radius 1 is 1.23 bits per heavy atom. The molecule has 1 saturated heterocycles. The van der Waals surface area contributed by atoms with Gasteiger partial charge in [0.15, 0.2) is 0 Å². The van der Waals surface area contributed by atoms with Crippen molar-refractivity contribution in [2.24, 2.45) is 0 Å². The Morgan fingerprint density at radius 3 is 2.69 bits per heavy atom. The number of fused-ring (bicyclic) bond motifs is 3. The van der Waals surface area contributed by atoms with Gasteiger partial charge in [-0.2, -0.15) is 5.10 Å². The summed E-state index contributed by atoms with van der Waals surface area (Å²) in [5, 5.41) is 5.55. The molecule has 2 aromatic heterocycles. The number of aromatic nitrogens is 2. The Labute approximate surface area is 151 Å². The molecular formula is C20H23N3O3. The Hall–Kier alpha value is -2.63. The molecule has 2 unspecified atom stereocenters. The number of likely N-dealkylation sites (tertiary alicyclic amines) is 1. The van der Waals surface area contributed by atoms with Gasteiger partial charge < -0.3 is 9.32 Å². The van der Waals surface area contributed by atoms with Gasteiger partial charge in [0.2, 0.25) is 5.91 Å². The second kappa shape index (κ2) is 6.27. The second-order valence-electron chi connectivity index (χ2n) is 7.38. The number of carbonyl (C=O) groups excluding carboxylic acids is 1. The molecular weight excluding hydrogens is 330 g/mol. The lowest BCUT2D eigenvalue weighted by atomic mass is 9.97. The van der Waals surface area contributed by atoms with Gasteiger partial charge in [0.1, 0.15) is 17.5 Å². The Morgan fingerprint density at radius 2 is 1.96 bits per heavy atom. The van der Waals surface area contributed by atoms with Gasteiger partial charge in [-0.3, -0.25) is 9.48 Å². The van der Waals surface area contributed by atoms with E-state index in [0.29, 0.717) is 16.5 Å². The standard InChI is InChI=1S/C20H23N3O3/c1-12-7-8-17-15(9-12)19-16(20(25)26-17)10-21-22(19)11-18(24)23-13(2)5-4-6-14(23)3/h7-10,13-14H,4-6,11H2,1-3H3. The maximum absolute atomic E-state index is 13.0. The topological polar surface area (TPSA) is 68.3 Å². The highest BCUT2D eigenvalue weighted by Gasteiger charge is 2.29. The van der Waals surface area contributed by atoms with Crippen LogP contribution in [0.1, 0.15) is 38.7 Å². The summed E-state index contributed by atoms with van der Waals surface area (Å²) in [6, 6.07) is 6.13. The van der Waals surface area contributed by atoms with E-state index in [1.807, 2.05) is 24.0 Å². The minimum Gasteiger partial charge on any atom is -0.422 e. The quantitative estimate of drug-likeness (QED) is 0.663. The number of aryl methyl sites for hydroxylation is 1. The van der Waals surface area contributed by atoms with Gasteiger partial charge in [0.25, 0.3) is 0 Å². The van der Waals surface area contributed by atoms with Crippen LogP contribution in [0.2, 0.25) is 0 Å². The highest BCUT2D eigenvalue weighted by Crippen LogP contribution is 2.26. The fraction of sp³-hybridized carbons (Fsp3) is 0.450. The van der Waals surface area contributed by atoms with E-state index < -0.39 is 5.63 Å². The van der Waals surface area contributed by atoms with E-state index in [1.54, 1.807) is 10.7 Å². The van der Waals surface area contributed by atoms with Crippen LogP contribution in [0.4, 0.5) is 0 Å². The highest BCUT2D eigenvalue weighted by atomic mass is 16.4. The van der Waals surface area contributed by atoms with Crippen LogP contribution < -0.4 is 5.63 Å². The fourth-order valence-corrected chi connectivity index (χ4v) is 4.13. The first-order chi connectivity index (χ1) is 12.5. The van der Waals surface area contributed by atoms with Crippen molar-refractivity contribution in [3.05, 3.63) is 40.4 Å². The lowest BCUT2D eigenvalue weighted by molar-refractivity contribution is -0.138. The van der Waals surface area contributed by atoms with Gasteiger partial charge in [-0.15, -0.1) is 0 Å². The van der Waals surface area contributed by atoms with Gasteiger partial charge in [-0.25, -0.2) is 4.79 Å². The number of piperidine rings is 1. The third kappa shape index (κ3) is 2.69. The van der Waals surface area contributed by atoms with E-state index in [4.69, 9.17) is 4.42 Å². The fourth-order valence-electron chi connectivity index (χ4n) is 4.13. The van der Waals surface area contributed by atoms with Crippen molar-refractivity contribution in [3.63, 3.8) is 0 Å². The Kier molecular flexibility index (Phi) is 4.05. The molecule has 1 fully saturated rings. The summed E-state index contributed by atoms with van der Waals surface area (Å²) in [5.74, 6) is 0.0451. The van der Waals surface area contributed by atoms with Crippen molar-refractivity contribution in [1.29, 1.82) is 0 Å². The van der Waals surface area contributed by atoms with Gasteiger partial charge >= 0.3 is 5.63 Å². The number of hydrogen-bond donors (Lipinski definition) is 0. The van der Waals surface area contributed by atoms with Crippen LogP contribution in [0.5, 0.6) is 0 Å². The van der Waals surface area contributed by atoms with Crippen molar-refractivity contribution in [2.75, 3.05) is 0 Å². The average Bonchev–Trinajstić information content (AvgIpc) is 3.00. The second-order valence-corrected chi connectivity index (χ2v) is 7.38. The molecule has 1 aliphatic rings. The zero-order valence-electron chi connectivity index (χ0n) is 15.4. The molecule has 1 amide bonds. The molecule has 0 saturated carbocycles. The number of rotatable bonds is 2. The third-order valence-electron chi connectivity index (χ3n) is 5.42. The molecule has 1 aromatic carbocycles. The van der Waals surface area contributed by atoms with E-state index in [1.165, 1.54) is 6.20 Å². The minimum absolute atomic E-state index is 0.0451. The van der Waals surface area contributed by atoms with Crippen LogP contribution >= 0.6 is 0 Å². The monoisotopic (exact) mass is 353 g/mol. The highest BCUT2D eigenvalue weighted by molar-refractivity contribution is 6.02. The molecule has 0 spiro atoms. The maximum atomic E-state index is 13.0. The zero-order valence-corrected chi connectivity index (χ0v) is 15.4. The van der Waals surface area contributed by atoms with E-state index >= 15 is 0 Å². The smallest absolute Gasteiger partial charge is 0.347 e. The molecule has 6 heteroatoms.